The lowest BCUT2D eigenvalue weighted by molar-refractivity contribution is -0.153. The van der Waals surface area contributed by atoms with E-state index in [1.54, 1.807) is 12.5 Å². The Morgan fingerprint density at radius 1 is 0.800 bits per heavy atom. The molecule has 0 saturated heterocycles. The van der Waals surface area contributed by atoms with E-state index in [4.69, 9.17) is 9.47 Å². The van der Waals surface area contributed by atoms with E-state index < -0.39 is 0 Å². The molecular weight excluding hydrogens is 188 g/mol. The van der Waals surface area contributed by atoms with E-state index in [2.05, 4.69) is 13.8 Å². The van der Waals surface area contributed by atoms with Crippen LogP contribution in [0.4, 0.5) is 0 Å². The molecule has 0 N–H and O–H groups in total. The van der Waals surface area contributed by atoms with Crippen molar-refractivity contribution in [1.29, 1.82) is 0 Å². The molecule has 0 aromatic heterocycles. The first kappa shape index (κ1) is 12.4. The molecule has 1 rings (SSSR count). The van der Waals surface area contributed by atoms with Gasteiger partial charge in [0.25, 0.3) is 0 Å². The molecule has 1 aliphatic heterocycles. The molecule has 0 aliphatic carbocycles. The summed E-state index contributed by atoms with van der Waals surface area (Å²) in [5, 5.41) is 0. The number of unbranched alkanes of at least 4 members (excludes halogenated alkanes) is 4. The van der Waals surface area contributed by atoms with Crippen LogP contribution in [0, 0.1) is 0 Å². The molecule has 0 saturated carbocycles. The molecule has 0 aromatic rings. The second kappa shape index (κ2) is 6.76. The summed E-state index contributed by atoms with van der Waals surface area (Å²) in [6.45, 7) is 4.44. The van der Waals surface area contributed by atoms with Crippen molar-refractivity contribution in [3.63, 3.8) is 0 Å². The van der Waals surface area contributed by atoms with Gasteiger partial charge in [-0.2, -0.15) is 0 Å². The molecule has 0 radical (unpaired) electrons. The molecule has 0 unspecified atom stereocenters. The maximum absolute atomic E-state index is 5.63. The van der Waals surface area contributed by atoms with E-state index >= 15 is 0 Å². The summed E-state index contributed by atoms with van der Waals surface area (Å²) in [4.78, 5) is 0. The minimum atomic E-state index is -0.315. The highest BCUT2D eigenvalue weighted by molar-refractivity contribution is 4.83. The SMILES string of the molecule is CCCCCC1(CCCCC)OC=CO1. The van der Waals surface area contributed by atoms with Crippen molar-refractivity contribution in [2.75, 3.05) is 0 Å². The van der Waals surface area contributed by atoms with Crippen LogP contribution in [0.25, 0.3) is 0 Å². The van der Waals surface area contributed by atoms with Gasteiger partial charge < -0.3 is 9.47 Å². The van der Waals surface area contributed by atoms with E-state index in [0.29, 0.717) is 0 Å². The zero-order valence-electron chi connectivity index (χ0n) is 10.1. The van der Waals surface area contributed by atoms with E-state index in [1.165, 1.54) is 38.5 Å². The fourth-order valence-electron chi connectivity index (χ4n) is 1.98. The van der Waals surface area contributed by atoms with Gasteiger partial charge in [-0.25, -0.2) is 0 Å². The smallest absolute Gasteiger partial charge is 0.249 e. The van der Waals surface area contributed by atoms with Crippen LogP contribution in [-0.2, 0) is 9.47 Å². The molecule has 2 nitrogen and oxygen atoms in total. The molecule has 88 valence electrons. The summed E-state index contributed by atoms with van der Waals surface area (Å²) in [6, 6.07) is 0. The van der Waals surface area contributed by atoms with E-state index in [0.717, 1.165) is 12.8 Å². The Balaban J connectivity index is 2.27. The Kier molecular flexibility index (Phi) is 5.59. The van der Waals surface area contributed by atoms with Gasteiger partial charge in [-0.3, -0.25) is 0 Å². The first-order valence-electron chi connectivity index (χ1n) is 6.33. The fourth-order valence-corrected chi connectivity index (χ4v) is 1.98. The van der Waals surface area contributed by atoms with Crippen LogP contribution in [0.3, 0.4) is 0 Å². The van der Waals surface area contributed by atoms with Gasteiger partial charge in [0.1, 0.15) is 12.5 Å². The van der Waals surface area contributed by atoms with Crippen molar-refractivity contribution in [2.24, 2.45) is 0 Å². The van der Waals surface area contributed by atoms with Crippen molar-refractivity contribution in [2.45, 2.75) is 71.0 Å². The lowest BCUT2D eigenvalue weighted by Gasteiger charge is -2.27. The predicted octanol–water partition coefficient (Wildman–Crippen LogP) is 4.36. The molecule has 0 aromatic carbocycles. The third-order valence-corrected chi connectivity index (χ3v) is 2.94. The Morgan fingerprint density at radius 2 is 1.27 bits per heavy atom. The molecule has 0 amide bonds. The van der Waals surface area contributed by atoms with Crippen molar-refractivity contribution in [3.8, 4) is 0 Å². The van der Waals surface area contributed by atoms with Gasteiger partial charge in [-0.05, 0) is 12.8 Å². The summed E-state index contributed by atoms with van der Waals surface area (Å²) in [6.07, 6.45) is 12.9. The number of ether oxygens (including phenoxy) is 2. The fraction of sp³-hybridized carbons (Fsp3) is 0.846. The second-order valence-electron chi connectivity index (χ2n) is 4.33. The highest BCUT2D eigenvalue weighted by Crippen LogP contribution is 2.32. The Labute approximate surface area is 93.7 Å². The maximum atomic E-state index is 5.63. The van der Waals surface area contributed by atoms with E-state index in [1.807, 2.05) is 0 Å². The summed E-state index contributed by atoms with van der Waals surface area (Å²) >= 11 is 0. The van der Waals surface area contributed by atoms with Crippen molar-refractivity contribution < 1.29 is 9.47 Å². The van der Waals surface area contributed by atoms with Gasteiger partial charge in [0.2, 0.25) is 5.79 Å². The molecule has 0 atom stereocenters. The Bertz CT molecular complexity index is 167. The zero-order chi connectivity index (χ0) is 11.0. The van der Waals surface area contributed by atoms with Crippen LogP contribution >= 0.6 is 0 Å². The van der Waals surface area contributed by atoms with Gasteiger partial charge in [-0.15, -0.1) is 0 Å². The van der Waals surface area contributed by atoms with E-state index in [9.17, 15) is 0 Å². The molecule has 0 fully saturated rings. The van der Waals surface area contributed by atoms with Crippen molar-refractivity contribution in [1.82, 2.24) is 0 Å². The lowest BCUT2D eigenvalue weighted by Crippen LogP contribution is -2.29. The highest BCUT2D eigenvalue weighted by Gasteiger charge is 2.34. The van der Waals surface area contributed by atoms with Gasteiger partial charge in [0.05, 0.1) is 0 Å². The Hall–Kier alpha value is -0.660. The normalized spacial score (nSPS) is 17.5. The first-order valence-corrected chi connectivity index (χ1v) is 6.33. The van der Waals surface area contributed by atoms with Gasteiger partial charge in [0.15, 0.2) is 0 Å². The third-order valence-electron chi connectivity index (χ3n) is 2.94. The van der Waals surface area contributed by atoms with Gasteiger partial charge >= 0.3 is 0 Å². The topological polar surface area (TPSA) is 18.5 Å². The standard InChI is InChI=1S/C13H24O2/c1-3-5-7-9-13(10-8-6-4-2)14-11-12-15-13/h11-12H,3-10H2,1-2H3. The highest BCUT2D eigenvalue weighted by atomic mass is 16.7. The average molecular weight is 212 g/mol. The molecule has 2 heteroatoms. The molecule has 0 spiro atoms. The number of rotatable bonds is 8. The average Bonchev–Trinajstić information content (AvgIpc) is 2.68. The summed E-state index contributed by atoms with van der Waals surface area (Å²) in [7, 11) is 0. The molecule has 0 bridgehead atoms. The minimum absolute atomic E-state index is 0.315. The monoisotopic (exact) mass is 212 g/mol. The van der Waals surface area contributed by atoms with Crippen LogP contribution in [0.15, 0.2) is 12.5 Å². The number of hydrogen-bond donors (Lipinski definition) is 0. The molecule has 1 aliphatic rings. The van der Waals surface area contributed by atoms with Crippen LogP contribution in [0.1, 0.15) is 65.2 Å². The number of hydrogen-bond acceptors (Lipinski definition) is 2. The summed E-state index contributed by atoms with van der Waals surface area (Å²) in [5.41, 5.74) is 0. The van der Waals surface area contributed by atoms with Crippen LogP contribution in [0.5, 0.6) is 0 Å². The second-order valence-corrected chi connectivity index (χ2v) is 4.33. The minimum Gasteiger partial charge on any atom is -0.457 e. The lowest BCUT2D eigenvalue weighted by atomic mass is 10.0. The summed E-state index contributed by atoms with van der Waals surface area (Å²) in [5.74, 6) is -0.315. The largest absolute Gasteiger partial charge is 0.457 e. The van der Waals surface area contributed by atoms with Crippen molar-refractivity contribution >= 4 is 0 Å². The van der Waals surface area contributed by atoms with Crippen LogP contribution < -0.4 is 0 Å². The Morgan fingerprint density at radius 3 is 1.67 bits per heavy atom. The maximum Gasteiger partial charge on any atom is 0.249 e. The molecule has 15 heavy (non-hydrogen) atoms. The van der Waals surface area contributed by atoms with E-state index in [-0.39, 0.29) is 5.79 Å². The third kappa shape index (κ3) is 4.15. The van der Waals surface area contributed by atoms with Crippen molar-refractivity contribution in [3.05, 3.63) is 12.5 Å². The summed E-state index contributed by atoms with van der Waals surface area (Å²) < 4.78 is 11.3. The van der Waals surface area contributed by atoms with Crippen LogP contribution in [0.2, 0.25) is 0 Å². The van der Waals surface area contributed by atoms with Crippen LogP contribution in [-0.4, -0.2) is 5.79 Å². The quantitative estimate of drug-likeness (QED) is 0.556. The first-order chi connectivity index (χ1) is 7.33. The van der Waals surface area contributed by atoms with Gasteiger partial charge in [0, 0.05) is 12.8 Å². The van der Waals surface area contributed by atoms with Gasteiger partial charge in [-0.1, -0.05) is 39.5 Å². The molecule has 1 heterocycles. The predicted molar refractivity (Wildman–Crippen MR) is 62.3 cm³/mol. The molecular formula is C13H24O2. The zero-order valence-corrected chi connectivity index (χ0v) is 10.1.